The second-order valence-corrected chi connectivity index (χ2v) is 5.74. The summed E-state index contributed by atoms with van der Waals surface area (Å²) in [6.07, 6.45) is 4.38. The summed E-state index contributed by atoms with van der Waals surface area (Å²) in [7, 11) is 0. The van der Waals surface area contributed by atoms with Crippen LogP contribution in [0.5, 0.6) is 0 Å². The summed E-state index contributed by atoms with van der Waals surface area (Å²) in [5.74, 6) is -0.643. The molecule has 1 aliphatic rings. The molecular weight excluding hydrogens is 260 g/mol. The molecule has 0 bridgehead atoms. The summed E-state index contributed by atoms with van der Waals surface area (Å²) in [6, 6.07) is 2.95. The lowest BCUT2D eigenvalue weighted by Gasteiger charge is -2.14. The van der Waals surface area contributed by atoms with Crippen LogP contribution in [0.15, 0.2) is 12.1 Å². The number of nitrogens with zero attached hydrogens (tertiary/aromatic N) is 1. The Bertz CT molecular complexity index is 449. The Balaban J connectivity index is 2.13. The number of thioether (sulfide) groups is 1. The third-order valence-corrected chi connectivity index (χ3v) is 4.54. The van der Waals surface area contributed by atoms with E-state index < -0.39 is 5.97 Å². The molecule has 4 nitrogen and oxygen atoms in total. The smallest absolute Gasteiger partial charge is 0.339 e. The number of carbonyl (C=O) groups is 1. The van der Waals surface area contributed by atoms with E-state index in [9.17, 15) is 4.79 Å². The molecule has 0 aliphatic heterocycles. The average molecular weight is 273 g/mol. The normalized spacial score (nSPS) is 16.6. The van der Waals surface area contributed by atoms with Gasteiger partial charge in [-0.1, -0.05) is 11.6 Å². The third kappa shape index (κ3) is 2.84. The number of nitrogens with one attached hydrogen (secondary N) is 1. The minimum Gasteiger partial charge on any atom is -0.478 e. The lowest BCUT2D eigenvalue weighted by atomic mass is 10.2. The standard InChI is InChI=1S/C11H13ClN2O2S/c1-17-11(4-5-11)6-13-9-7(10(15)16)2-3-8(12)14-9/h2-3H,4-6H2,1H3,(H,13,14)(H,15,16). The van der Waals surface area contributed by atoms with Gasteiger partial charge in [0.2, 0.25) is 0 Å². The fourth-order valence-electron chi connectivity index (χ4n) is 1.58. The van der Waals surface area contributed by atoms with E-state index in [0.717, 1.165) is 19.4 Å². The van der Waals surface area contributed by atoms with Gasteiger partial charge in [0.05, 0.1) is 0 Å². The van der Waals surface area contributed by atoms with Crippen molar-refractivity contribution in [3.05, 3.63) is 22.8 Å². The van der Waals surface area contributed by atoms with Crippen LogP contribution in [0.25, 0.3) is 0 Å². The molecule has 0 atom stereocenters. The number of rotatable bonds is 5. The molecule has 1 saturated carbocycles. The van der Waals surface area contributed by atoms with Crippen LogP contribution in [0.1, 0.15) is 23.2 Å². The van der Waals surface area contributed by atoms with E-state index in [-0.39, 0.29) is 10.3 Å². The highest BCUT2D eigenvalue weighted by Gasteiger charge is 2.41. The number of pyridine rings is 1. The third-order valence-electron chi connectivity index (χ3n) is 2.91. The van der Waals surface area contributed by atoms with Crippen molar-refractivity contribution in [3.8, 4) is 0 Å². The maximum atomic E-state index is 11.0. The summed E-state index contributed by atoms with van der Waals surface area (Å²) >= 11 is 7.58. The number of aromatic nitrogens is 1. The van der Waals surface area contributed by atoms with Crippen LogP contribution in [0.2, 0.25) is 5.15 Å². The Morgan fingerprint density at radius 2 is 2.35 bits per heavy atom. The Hall–Kier alpha value is -0.940. The predicted octanol–water partition coefficient (Wildman–Crippen LogP) is 2.74. The fourth-order valence-corrected chi connectivity index (χ4v) is 2.45. The van der Waals surface area contributed by atoms with Crippen LogP contribution in [-0.4, -0.2) is 33.6 Å². The van der Waals surface area contributed by atoms with Crippen LogP contribution in [0.4, 0.5) is 5.82 Å². The van der Waals surface area contributed by atoms with Crippen molar-refractivity contribution >= 4 is 35.1 Å². The molecule has 1 aliphatic carbocycles. The molecule has 0 saturated heterocycles. The molecule has 92 valence electrons. The topological polar surface area (TPSA) is 62.2 Å². The number of hydrogen-bond donors (Lipinski definition) is 2. The van der Waals surface area contributed by atoms with Gasteiger partial charge in [-0.15, -0.1) is 0 Å². The zero-order valence-electron chi connectivity index (χ0n) is 9.36. The predicted molar refractivity (Wildman–Crippen MR) is 70.2 cm³/mol. The number of aromatic carboxylic acids is 1. The maximum Gasteiger partial charge on any atom is 0.339 e. The van der Waals surface area contributed by atoms with Crippen molar-refractivity contribution in [3.63, 3.8) is 0 Å². The Morgan fingerprint density at radius 3 is 2.88 bits per heavy atom. The van der Waals surface area contributed by atoms with E-state index in [1.807, 2.05) is 0 Å². The van der Waals surface area contributed by atoms with Gasteiger partial charge in [-0.25, -0.2) is 9.78 Å². The molecule has 1 heterocycles. The number of hydrogen-bond acceptors (Lipinski definition) is 4. The van der Waals surface area contributed by atoms with Gasteiger partial charge in [0, 0.05) is 11.3 Å². The minimum atomic E-state index is -0.995. The van der Waals surface area contributed by atoms with Gasteiger partial charge in [-0.3, -0.25) is 0 Å². The van der Waals surface area contributed by atoms with E-state index in [1.54, 1.807) is 11.8 Å². The van der Waals surface area contributed by atoms with Crippen LogP contribution < -0.4 is 5.32 Å². The highest BCUT2D eigenvalue weighted by molar-refractivity contribution is 8.00. The number of anilines is 1. The zero-order chi connectivity index (χ0) is 12.5. The van der Waals surface area contributed by atoms with Crippen LogP contribution in [0.3, 0.4) is 0 Å². The molecule has 0 amide bonds. The van der Waals surface area contributed by atoms with Crippen molar-refractivity contribution in [2.75, 3.05) is 18.1 Å². The molecule has 0 unspecified atom stereocenters. The summed E-state index contributed by atoms with van der Waals surface area (Å²) in [4.78, 5) is 15.0. The van der Waals surface area contributed by atoms with Crippen LogP contribution in [0, 0.1) is 0 Å². The van der Waals surface area contributed by atoms with E-state index in [2.05, 4.69) is 16.6 Å². The maximum absolute atomic E-state index is 11.0. The first-order chi connectivity index (χ1) is 8.06. The van der Waals surface area contributed by atoms with Gasteiger partial charge in [-0.2, -0.15) is 11.8 Å². The number of halogens is 1. The first-order valence-electron chi connectivity index (χ1n) is 5.25. The van der Waals surface area contributed by atoms with Crippen molar-refractivity contribution < 1.29 is 9.90 Å². The van der Waals surface area contributed by atoms with E-state index in [4.69, 9.17) is 16.7 Å². The second kappa shape index (κ2) is 4.74. The van der Waals surface area contributed by atoms with E-state index in [1.165, 1.54) is 12.1 Å². The summed E-state index contributed by atoms with van der Waals surface area (Å²) in [5, 5.41) is 12.4. The Morgan fingerprint density at radius 1 is 1.65 bits per heavy atom. The first-order valence-corrected chi connectivity index (χ1v) is 6.85. The minimum absolute atomic E-state index is 0.159. The number of carboxylic acids is 1. The molecule has 2 rings (SSSR count). The molecule has 0 spiro atoms. The molecule has 0 radical (unpaired) electrons. The molecule has 0 aromatic carbocycles. The first kappa shape index (κ1) is 12.5. The van der Waals surface area contributed by atoms with Gasteiger partial charge < -0.3 is 10.4 Å². The molecule has 1 aromatic rings. The van der Waals surface area contributed by atoms with Crippen molar-refractivity contribution in [2.45, 2.75) is 17.6 Å². The van der Waals surface area contributed by atoms with Crippen LogP contribution in [-0.2, 0) is 0 Å². The summed E-state index contributed by atoms with van der Waals surface area (Å²) in [6.45, 7) is 0.724. The van der Waals surface area contributed by atoms with E-state index >= 15 is 0 Å². The Labute approximate surface area is 109 Å². The molecule has 17 heavy (non-hydrogen) atoms. The lowest BCUT2D eigenvalue weighted by molar-refractivity contribution is 0.0697. The second-order valence-electron chi connectivity index (χ2n) is 4.08. The average Bonchev–Trinajstić information content (AvgIpc) is 3.07. The van der Waals surface area contributed by atoms with Gasteiger partial charge in [0.15, 0.2) is 0 Å². The van der Waals surface area contributed by atoms with Gasteiger partial charge in [0.25, 0.3) is 0 Å². The SMILES string of the molecule is CSC1(CNc2nc(Cl)ccc2C(=O)O)CC1. The summed E-state index contributed by atoms with van der Waals surface area (Å²) < 4.78 is 0.250. The Kier molecular flexibility index (Phi) is 3.49. The molecule has 1 aromatic heterocycles. The van der Waals surface area contributed by atoms with Crippen molar-refractivity contribution in [1.82, 2.24) is 4.98 Å². The molecule has 1 fully saturated rings. The largest absolute Gasteiger partial charge is 0.478 e. The van der Waals surface area contributed by atoms with Gasteiger partial charge in [-0.05, 0) is 31.2 Å². The van der Waals surface area contributed by atoms with Crippen molar-refractivity contribution in [2.24, 2.45) is 0 Å². The van der Waals surface area contributed by atoms with Gasteiger partial charge in [0.1, 0.15) is 16.5 Å². The van der Waals surface area contributed by atoms with Crippen LogP contribution >= 0.6 is 23.4 Å². The monoisotopic (exact) mass is 272 g/mol. The highest BCUT2D eigenvalue weighted by Crippen LogP contribution is 2.47. The van der Waals surface area contributed by atoms with Gasteiger partial charge >= 0.3 is 5.97 Å². The molecule has 2 N–H and O–H groups in total. The molecular formula is C11H13ClN2O2S. The molecule has 6 heteroatoms. The zero-order valence-corrected chi connectivity index (χ0v) is 10.9. The van der Waals surface area contributed by atoms with E-state index in [0.29, 0.717) is 11.0 Å². The number of carboxylic acid groups (broad SMARTS) is 1. The highest BCUT2D eigenvalue weighted by atomic mass is 35.5. The fraction of sp³-hybridized carbons (Fsp3) is 0.455. The quantitative estimate of drug-likeness (QED) is 0.807. The summed E-state index contributed by atoms with van der Waals surface area (Å²) in [5.41, 5.74) is 0.159. The van der Waals surface area contributed by atoms with Crippen molar-refractivity contribution in [1.29, 1.82) is 0 Å². The lowest BCUT2D eigenvalue weighted by Crippen LogP contribution is -2.19.